The van der Waals surface area contributed by atoms with Crippen LogP contribution in [0.4, 0.5) is 10.2 Å². The van der Waals surface area contributed by atoms with Crippen LogP contribution >= 0.6 is 11.3 Å². The highest BCUT2D eigenvalue weighted by molar-refractivity contribution is 7.19. The monoisotopic (exact) mass is 358 g/mol. The average molecular weight is 358 g/mol. The smallest absolute Gasteiger partial charge is 0.216 e. The number of hydrogen-bond acceptors (Lipinski definition) is 5. The van der Waals surface area contributed by atoms with Gasteiger partial charge in [0.1, 0.15) is 22.3 Å². The Hall–Kier alpha value is -2.54. The van der Waals surface area contributed by atoms with E-state index in [1.54, 1.807) is 23.5 Å². The second-order valence-corrected chi connectivity index (χ2v) is 6.95. The standard InChI is InChI=1S/C18H19FN4OS/c1-10-15(13-4-6-14(19)7-5-13)16-17(21-9-8-20-12(3)24)22-11(2)23-18(16)25-10/h4-7H,8-9H2,1-3H3,(H,20,24)(H,21,22,23). The van der Waals surface area contributed by atoms with Gasteiger partial charge in [0.15, 0.2) is 0 Å². The molecule has 0 saturated carbocycles. The van der Waals surface area contributed by atoms with E-state index in [2.05, 4.69) is 20.6 Å². The van der Waals surface area contributed by atoms with Crippen LogP contribution in [0.1, 0.15) is 17.6 Å². The zero-order chi connectivity index (χ0) is 18.0. The molecule has 3 rings (SSSR count). The maximum Gasteiger partial charge on any atom is 0.216 e. The quantitative estimate of drug-likeness (QED) is 0.683. The predicted molar refractivity (Wildman–Crippen MR) is 99.5 cm³/mol. The fourth-order valence-corrected chi connectivity index (χ4v) is 3.82. The van der Waals surface area contributed by atoms with Crippen molar-refractivity contribution in [3.63, 3.8) is 0 Å². The van der Waals surface area contributed by atoms with E-state index < -0.39 is 0 Å². The summed E-state index contributed by atoms with van der Waals surface area (Å²) in [6, 6.07) is 6.45. The Morgan fingerprint density at radius 1 is 1.16 bits per heavy atom. The highest BCUT2D eigenvalue weighted by Gasteiger charge is 2.17. The summed E-state index contributed by atoms with van der Waals surface area (Å²) in [4.78, 5) is 22.1. The number of hydrogen-bond donors (Lipinski definition) is 2. The Bertz CT molecular complexity index is 921. The van der Waals surface area contributed by atoms with E-state index in [0.717, 1.165) is 32.0 Å². The van der Waals surface area contributed by atoms with Gasteiger partial charge in [-0.3, -0.25) is 4.79 Å². The number of thiophene rings is 1. The Kier molecular flexibility index (Phi) is 4.94. The molecule has 2 aromatic heterocycles. The second kappa shape index (κ2) is 7.14. The number of benzene rings is 1. The van der Waals surface area contributed by atoms with Crippen LogP contribution in [-0.2, 0) is 4.79 Å². The molecule has 25 heavy (non-hydrogen) atoms. The SMILES string of the molecule is CC(=O)NCCNc1nc(C)nc2sc(C)c(-c3ccc(F)cc3)c12. The van der Waals surface area contributed by atoms with Gasteiger partial charge in [0.05, 0.1) is 5.39 Å². The zero-order valence-electron chi connectivity index (χ0n) is 14.3. The van der Waals surface area contributed by atoms with Gasteiger partial charge in [-0.2, -0.15) is 0 Å². The summed E-state index contributed by atoms with van der Waals surface area (Å²) >= 11 is 1.60. The van der Waals surface area contributed by atoms with Crippen molar-refractivity contribution in [2.75, 3.05) is 18.4 Å². The summed E-state index contributed by atoms with van der Waals surface area (Å²) in [7, 11) is 0. The van der Waals surface area contributed by atoms with Crippen LogP contribution in [-0.4, -0.2) is 29.0 Å². The molecule has 3 aromatic rings. The molecule has 0 aliphatic rings. The number of nitrogens with zero attached hydrogens (tertiary/aromatic N) is 2. The van der Waals surface area contributed by atoms with Crippen LogP contribution in [0.5, 0.6) is 0 Å². The first-order valence-corrected chi connectivity index (χ1v) is 8.79. The van der Waals surface area contributed by atoms with Gasteiger partial charge >= 0.3 is 0 Å². The van der Waals surface area contributed by atoms with Crippen molar-refractivity contribution in [1.82, 2.24) is 15.3 Å². The van der Waals surface area contributed by atoms with E-state index in [1.807, 2.05) is 13.8 Å². The number of aromatic nitrogens is 2. The number of carbonyl (C=O) groups excluding carboxylic acids is 1. The minimum Gasteiger partial charge on any atom is -0.368 e. The maximum atomic E-state index is 13.3. The lowest BCUT2D eigenvalue weighted by atomic mass is 10.0. The molecule has 0 bridgehead atoms. The second-order valence-electron chi connectivity index (χ2n) is 5.75. The first-order valence-electron chi connectivity index (χ1n) is 7.97. The van der Waals surface area contributed by atoms with Gasteiger partial charge < -0.3 is 10.6 Å². The molecule has 2 heterocycles. The molecule has 0 spiro atoms. The fraction of sp³-hybridized carbons (Fsp3) is 0.278. The Morgan fingerprint density at radius 2 is 1.88 bits per heavy atom. The van der Waals surface area contributed by atoms with Crippen LogP contribution in [0, 0.1) is 19.7 Å². The molecule has 130 valence electrons. The van der Waals surface area contributed by atoms with E-state index >= 15 is 0 Å². The summed E-state index contributed by atoms with van der Waals surface area (Å²) in [5, 5.41) is 6.97. The molecule has 7 heteroatoms. The number of anilines is 1. The molecular formula is C18H19FN4OS. The maximum absolute atomic E-state index is 13.3. The number of halogens is 1. The molecule has 0 radical (unpaired) electrons. The molecule has 0 atom stereocenters. The number of aryl methyl sites for hydroxylation is 2. The lowest BCUT2D eigenvalue weighted by molar-refractivity contribution is -0.118. The molecule has 2 N–H and O–H groups in total. The summed E-state index contributed by atoms with van der Waals surface area (Å²) in [5.41, 5.74) is 1.95. The van der Waals surface area contributed by atoms with Crippen molar-refractivity contribution in [2.45, 2.75) is 20.8 Å². The third kappa shape index (κ3) is 3.76. The summed E-state index contributed by atoms with van der Waals surface area (Å²) in [6.45, 7) is 6.44. The van der Waals surface area contributed by atoms with E-state index in [0.29, 0.717) is 18.9 Å². The van der Waals surface area contributed by atoms with Crippen LogP contribution < -0.4 is 10.6 Å². The van der Waals surface area contributed by atoms with Gasteiger partial charge in [0.25, 0.3) is 0 Å². The van der Waals surface area contributed by atoms with Crippen molar-refractivity contribution in [3.8, 4) is 11.1 Å². The fourth-order valence-electron chi connectivity index (χ4n) is 2.73. The Morgan fingerprint density at radius 3 is 2.56 bits per heavy atom. The molecule has 0 aliphatic carbocycles. The summed E-state index contributed by atoms with van der Waals surface area (Å²) < 4.78 is 13.3. The van der Waals surface area contributed by atoms with Crippen molar-refractivity contribution in [1.29, 1.82) is 0 Å². The van der Waals surface area contributed by atoms with Gasteiger partial charge in [-0.1, -0.05) is 12.1 Å². The largest absolute Gasteiger partial charge is 0.368 e. The predicted octanol–water partition coefficient (Wildman–Crippen LogP) is 3.66. The highest BCUT2D eigenvalue weighted by atomic mass is 32.1. The van der Waals surface area contributed by atoms with E-state index in [4.69, 9.17) is 0 Å². The molecule has 1 amide bonds. The van der Waals surface area contributed by atoms with Gasteiger partial charge in [-0.05, 0) is 31.5 Å². The minimum atomic E-state index is -0.262. The zero-order valence-corrected chi connectivity index (χ0v) is 15.1. The average Bonchev–Trinajstić information content (AvgIpc) is 2.88. The van der Waals surface area contributed by atoms with Crippen molar-refractivity contribution >= 4 is 33.3 Å². The molecule has 0 saturated heterocycles. The number of amides is 1. The van der Waals surface area contributed by atoms with Crippen LogP contribution in [0.25, 0.3) is 21.3 Å². The highest BCUT2D eigenvalue weighted by Crippen LogP contribution is 2.40. The lowest BCUT2D eigenvalue weighted by Crippen LogP contribution is -2.26. The minimum absolute atomic E-state index is 0.0656. The normalized spacial score (nSPS) is 10.9. The van der Waals surface area contributed by atoms with E-state index in [9.17, 15) is 9.18 Å². The third-order valence-corrected chi connectivity index (χ3v) is 4.76. The molecule has 1 aromatic carbocycles. The Balaban J connectivity index is 2.03. The van der Waals surface area contributed by atoms with Crippen LogP contribution in [0.3, 0.4) is 0 Å². The molecule has 5 nitrogen and oxygen atoms in total. The van der Waals surface area contributed by atoms with Crippen LogP contribution in [0.2, 0.25) is 0 Å². The topological polar surface area (TPSA) is 66.9 Å². The van der Waals surface area contributed by atoms with Crippen molar-refractivity contribution in [3.05, 3.63) is 40.8 Å². The first-order chi connectivity index (χ1) is 12.0. The van der Waals surface area contributed by atoms with Crippen molar-refractivity contribution < 1.29 is 9.18 Å². The molecular weight excluding hydrogens is 339 g/mol. The number of carbonyl (C=O) groups is 1. The molecule has 0 unspecified atom stereocenters. The van der Waals surface area contributed by atoms with Gasteiger partial charge in [-0.25, -0.2) is 14.4 Å². The molecule has 0 aliphatic heterocycles. The lowest BCUT2D eigenvalue weighted by Gasteiger charge is -2.10. The number of fused-ring (bicyclic) bond motifs is 1. The summed E-state index contributed by atoms with van der Waals surface area (Å²) in [6.07, 6.45) is 0. The van der Waals surface area contributed by atoms with Crippen LogP contribution in [0.15, 0.2) is 24.3 Å². The number of nitrogens with one attached hydrogen (secondary N) is 2. The van der Waals surface area contributed by atoms with Gasteiger partial charge in [-0.15, -0.1) is 11.3 Å². The van der Waals surface area contributed by atoms with E-state index in [1.165, 1.54) is 19.1 Å². The third-order valence-electron chi connectivity index (χ3n) is 3.76. The first kappa shape index (κ1) is 17.3. The van der Waals surface area contributed by atoms with Gasteiger partial charge in [0, 0.05) is 30.5 Å². The Labute approximate surface area is 149 Å². The number of rotatable bonds is 5. The van der Waals surface area contributed by atoms with Crippen molar-refractivity contribution in [2.24, 2.45) is 0 Å². The van der Waals surface area contributed by atoms with Gasteiger partial charge in [0.2, 0.25) is 5.91 Å². The molecule has 0 fully saturated rings. The summed E-state index contributed by atoms with van der Waals surface area (Å²) in [5.74, 6) is 1.09. The van der Waals surface area contributed by atoms with E-state index in [-0.39, 0.29) is 11.7 Å².